The highest BCUT2D eigenvalue weighted by Crippen LogP contribution is 2.17. The number of imidazole rings is 1. The molecule has 0 spiro atoms. The Morgan fingerprint density at radius 2 is 2.09 bits per heavy atom. The van der Waals surface area contributed by atoms with Crippen molar-refractivity contribution in [2.45, 2.75) is 6.42 Å². The number of nitrogens with zero attached hydrogens (tertiary/aromatic N) is 2. The zero-order valence-electron chi connectivity index (χ0n) is 12.0. The lowest BCUT2D eigenvalue weighted by Crippen LogP contribution is -2.31. The van der Waals surface area contributed by atoms with Gasteiger partial charge in [0.1, 0.15) is 5.69 Å². The summed E-state index contributed by atoms with van der Waals surface area (Å²) in [6.45, 7) is 0.373. The minimum Gasteiger partial charge on any atom is -0.350 e. The van der Waals surface area contributed by atoms with Crippen molar-refractivity contribution in [1.82, 2.24) is 14.9 Å². The van der Waals surface area contributed by atoms with Crippen LogP contribution in [0.5, 0.6) is 0 Å². The summed E-state index contributed by atoms with van der Waals surface area (Å²) in [5.41, 5.74) is 1.29. The van der Waals surface area contributed by atoms with E-state index in [1.54, 1.807) is 10.9 Å². The third-order valence-electron chi connectivity index (χ3n) is 3.78. The van der Waals surface area contributed by atoms with Crippen LogP contribution >= 0.6 is 0 Å². The van der Waals surface area contributed by atoms with Gasteiger partial charge in [-0.05, 0) is 24.5 Å². The standard InChI is InChI=1S/C15H17N3O3S/c19-15(17-8-12-6-7-22(20,21)10-12)14-9-16-11-18(14)13-4-2-1-3-5-13/h1-5,9,11-12H,6-8,10H2,(H,17,19). The molecule has 116 valence electrons. The highest BCUT2D eigenvalue weighted by atomic mass is 32.2. The number of carbonyl (C=O) groups is 1. The van der Waals surface area contributed by atoms with Gasteiger partial charge in [0.2, 0.25) is 0 Å². The summed E-state index contributed by atoms with van der Waals surface area (Å²) in [6, 6.07) is 9.46. The second-order valence-electron chi connectivity index (χ2n) is 5.46. The molecule has 1 N–H and O–H groups in total. The summed E-state index contributed by atoms with van der Waals surface area (Å²) in [6.07, 6.45) is 3.71. The second-order valence-corrected chi connectivity index (χ2v) is 7.69. The molecule has 1 atom stereocenters. The Morgan fingerprint density at radius 3 is 2.77 bits per heavy atom. The molecular formula is C15H17N3O3S. The molecule has 22 heavy (non-hydrogen) atoms. The Hall–Kier alpha value is -2.15. The van der Waals surface area contributed by atoms with E-state index in [2.05, 4.69) is 10.3 Å². The largest absolute Gasteiger partial charge is 0.350 e. The van der Waals surface area contributed by atoms with Gasteiger partial charge < -0.3 is 5.32 Å². The van der Waals surface area contributed by atoms with E-state index in [4.69, 9.17) is 0 Å². The summed E-state index contributed by atoms with van der Waals surface area (Å²) < 4.78 is 24.6. The summed E-state index contributed by atoms with van der Waals surface area (Å²) in [5, 5.41) is 2.81. The van der Waals surface area contributed by atoms with E-state index in [0.717, 1.165) is 5.69 Å². The average molecular weight is 319 g/mol. The molecule has 0 aliphatic carbocycles. The van der Waals surface area contributed by atoms with Crippen LogP contribution in [0.25, 0.3) is 5.69 Å². The van der Waals surface area contributed by atoms with Crippen molar-refractivity contribution in [3.8, 4) is 5.69 Å². The van der Waals surface area contributed by atoms with Crippen molar-refractivity contribution in [3.05, 3.63) is 48.5 Å². The molecule has 1 aliphatic heterocycles. The van der Waals surface area contributed by atoms with Gasteiger partial charge >= 0.3 is 0 Å². The van der Waals surface area contributed by atoms with Gasteiger partial charge in [0.15, 0.2) is 9.84 Å². The highest BCUT2D eigenvalue weighted by molar-refractivity contribution is 7.91. The second kappa shape index (κ2) is 5.92. The highest BCUT2D eigenvalue weighted by Gasteiger charge is 2.28. The quantitative estimate of drug-likeness (QED) is 0.913. The molecule has 1 aromatic heterocycles. The van der Waals surface area contributed by atoms with E-state index in [1.807, 2.05) is 30.3 Å². The monoisotopic (exact) mass is 319 g/mol. The van der Waals surface area contributed by atoms with Crippen LogP contribution in [0.2, 0.25) is 0 Å². The fourth-order valence-electron chi connectivity index (χ4n) is 2.62. The van der Waals surface area contributed by atoms with Crippen LogP contribution in [-0.2, 0) is 9.84 Å². The minimum atomic E-state index is -2.92. The number of rotatable bonds is 4. The van der Waals surface area contributed by atoms with Gasteiger partial charge in [-0.1, -0.05) is 18.2 Å². The molecule has 2 heterocycles. The molecule has 0 radical (unpaired) electrons. The normalized spacial score (nSPS) is 19.9. The molecule has 3 rings (SSSR count). The Morgan fingerprint density at radius 1 is 1.32 bits per heavy atom. The molecule has 1 aliphatic rings. The number of aromatic nitrogens is 2. The van der Waals surface area contributed by atoms with Crippen LogP contribution in [0.15, 0.2) is 42.9 Å². The zero-order valence-corrected chi connectivity index (χ0v) is 12.8. The lowest BCUT2D eigenvalue weighted by Gasteiger charge is -2.11. The Balaban J connectivity index is 1.68. The van der Waals surface area contributed by atoms with E-state index < -0.39 is 9.84 Å². The Bertz CT molecular complexity index is 768. The topological polar surface area (TPSA) is 81.1 Å². The lowest BCUT2D eigenvalue weighted by molar-refractivity contribution is 0.0941. The number of carbonyl (C=O) groups excluding carboxylic acids is 1. The molecule has 0 bridgehead atoms. The van der Waals surface area contributed by atoms with Crippen molar-refractivity contribution < 1.29 is 13.2 Å². The number of para-hydroxylation sites is 1. The molecule has 1 unspecified atom stereocenters. The maximum Gasteiger partial charge on any atom is 0.269 e. The molecule has 6 nitrogen and oxygen atoms in total. The SMILES string of the molecule is O=C(NCC1CCS(=O)(=O)C1)c1cncn1-c1ccccc1. The van der Waals surface area contributed by atoms with Gasteiger partial charge in [0, 0.05) is 12.2 Å². The zero-order chi connectivity index (χ0) is 15.6. The maximum atomic E-state index is 12.3. The van der Waals surface area contributed by atoms with E-state index in [0.29, 0.717) is 18.7 Å². The van der Waals surface area contributed by atoms with Crippen molar-refractivity contribution in [2.75, 3.05) is 18.1 Å². The van der Waals surface area contributed by atoms with Crippen LogP contribution in [0.3, 0.4) is 0 Å². The van der Waals surface area contributed by atoms with Crippen LogP contribution < -0.4 is 5.32 Å². The molecule has 1 aromatic carbocycles. The van der Waals surface area contributed by atoms with Gasteiger partial charge in [-0.2, -0.15) is 0 Å². The number of sulfone groups is 1. The number of amides is 1. The number of hydrogen-bond acceptors (Lipinski definition) is 4. The van der Waals surface area contributed by atoms with Crippen LogP contribution in [0.4, 0.5) is 0 Å². The van der Waals surface area contributed by atoms with E-state index in [1.165, 1.54) is 6.20 Å². The van der Waals surface area contributed by atoms with Gasteiger partial charge in [0.25, 0.3) is 5.91 Å². The molecule has 1 fully saturated rings. The van der Waals surface area contributed by atoms with Gasteiger partial charge in [-0.25, -0.2) is 13.4 Å². The van der Waals surface area contributed by atoms with Crippen molar-refractivity contribution in [1.29, 1.82) is 0 Å². The van der Waals surface area contributed by atoms with Crippen LogP contribution in [0, 0.1) is 5.92 Å². The first-order valence-corrected chi connectivity index (χ1v) is 8.94. The number of nitrogens with one attached hydrogen (secondary N) is 1. The average Bonchev–Trinajstić information content (AvgIpc) is 3.12. The summed E-state index contributed by atoms with van der Waals surface area (Å²) >= 11 is 0. The van der Waals surface area contributed by atoms with E-state index in [-0.39, 0.29) is 23.3 Å². The van der Waals surface area contributed by atoms with Gasteiger partial charge in [-0.15, -0.1) is 0 Å². The van der Waals surface area contributed by atoms with E-state index >= 15 is 0 Å². The fraction of sp³-hybridized carbons (Fsp3) is 0.333. The Labute approximate surface area is 129 Å². The predicted molar refractivity (Wildman–Crippen MR) is 82.7 cm³/mol. The third kappa shape index (κ3) is 3.19. The van der Waals surface area contributed by atoms with Crippen LogP contribution in [0.1, 0.15) is 16.9 Å². The third-order valence-corrected chi connectivity index (χ3v) is 5.62. The van der Waals surface area contributed by atoms with Crippen molar-refractivity contribution >= 4 is 15.7 Å². The summed E-state index contributed by atoms with van der Waals surface area (Å²) in [4.78, 5) is 16.3. The van der Waals surface area contributed by atoms with Gasteiger partial charge in [0.05, 0.1) is 24.0 Å². The maximum absolute atomic E-state index is 12.3. The lowest BCUT2D eigenvalue weighted by atomic mass is 10.1. The minimum absolute atomic E-state index is 0.00190. The summed E-state index contributed by atoms with van der Waals surface area (Å²) in [7, 11) is -2.92. The first-order chi connectivity index (χ1) is 10.6. The number of benzene rings is 1. The van der Waals surface area contributed by atoms with Crippen molar-refractivity contribution in [2.24, 2.45) is 5.92 Å². The first kappa shape index (κ1) is 14.8. The molecular weight excluding hydrogens is 302 g/mol. The molecule has 1 saturated heterocycles. The molecule has 0 saturated carbocycles. The molecule has 1 amide bonds. The summed E-state index contributed by atoms with van der Waals surface area (Å²) in [5.74, 6) is 0.133. The van der Waals surface area contributed by atoms with E-state index in [9.17, 15) is 13.2 Å². The number of hydrogen-bond donors (Lipinski definition) is 1. The Kier molecular flexibility index (Phi) is 3.98. The fourth-order valence-corrected chi connectivity index (χ4v) is 4.48. The van der Waals surface area contributed by atoms with Crippen molar-refractivity contribution in [3.63, 3.8) is 0 Å². The first-order valence-electron chi connectivity index (χ1n) is 7.11. The predicted octanol–water partition coefficient (Wildman–Crippen LogP) is 1.04. The smallest absolute Gasteiger partial charge is 0.269 e. The molecule has 2 aromatic rings. The van der Waals surface area contributed by atoms with Crippen LogP contribution in [-0.4, -0.2) is 41.9 Å². The molecule has 7 heteroatoms. The van der Waals surface area contributed by atoms with Gasteiger partial charge in [-0.3, -0.25) is 9.36 Å².